The van der Waals surface area contributed by atoms with Gasteiger partial charge >= 0.3 is 6.03 Å². The minimum absolute atomic E-state index is 0.00873. The number of ether oxygens (including phenoxy) is 2. The first-order chi connectivity index (χ1) is 20.2. The molecule has 0 aliphatic carbocycles. The molecule has 2 aromatic carbocycles. The fraction of sp³-hybridized carbons (Fsp3) is 0.517. The van der Waals surface area contributed by atoms with Crippen LogP contribution in [0.15, 0.2) is 53.4 Å². The van der Waals surface area contributed by atoms with Crippen LogP contribution in [0.3, 0.4) is 0 Å². The Kier molecular flexibility index (Phi) is 8.01. The van der Waals surface area contributed by atoms with E-state index < -0.39 is 33.6 Å². The Morgan fingerprint density at radius 3 is 2.48 bits per heavy atom. The predicted molar refractivity (Wildman–Crippen MR) is 155 cm³/mol. The van der Waals surface area contributed by atoms with Gasteiger partial charge in [0.05, 0.1) is 25.9 Å². The van der Waals surface area contributed by atoms with E-state index >= 15 is 0 Å². The number of sulfonamides is 1. The van der Waals surface area contributed by atoms with Gasteiger partial charge in [-0.15, -0.1) is 0 Å². The number of aliphatic hydroxyl groups is 1. The van der Waals surface area contributed by atoms with Crippen LogP contribution in [0.1, 0.15) is 25.7 Å². The molecule has 3 saturated heterocycles. The molecule has 42 heavy (non-hydrogen) atoms. The van der Waals surface area contributed by atoms with Crippen LogP contribution >= 0.6 is 0 Å². The predicted octanol–water partition coefficient (Wildman–Crippen LogP) is 1.61. The molecule has 0 bridgehead atoms. The van der Waals surface area contributed by atoms with E-state index in [4.69, 9.17) is 9.47 Å². The minimum Gasteiger partial charge on any atom is -0.492 e. The average molecular weight is 600 g/mol. The molecule has 0 unspecified atom stereocenters. The van der Waals surface area contributed by atoms with Crippen molar-refractivity contribution in [1.82, 2.24) is 14.5 Å². The van der Waals surface area contributed by atoms with Gasteiger partial charge in [-0.1, -0.05) is 18.2 Å². The number of benzene rings is 2. The van der Waals surface area contributed by atoms with Crippen LogP contribution < -0.4 is 20.3 Å². The van der Waals surface area contributed by atoms with E-state index in [-0.39, 0.29) is 36.2 Å². The van der Waals surface area contributed by atoms with Crippen LogP contribution in [-0.4, -0.2) is 105 Å². The number of fused-ring (bicyclic) bond motifs is 2. The molecule has 1 spiro atoms. The molecule has 3 amide bonds. The lowest BCUT2D eigenvalue weighted by molar-refractivity contribution is -0.127. The Hall–Kier alpha value is -3.39. The van der Waals surface area contributed by atoms with Gasteiger partial charge in [0.25, 0.3) is 0 Å². The molecule has 12 nitrogen and oxygen atoms in total. The van der Waals surface area contributed by atoms with Crippen LogP contribution in [-0.2, 0) is 19.6 Å². The summed E-state index contributed by atoms with van der Waals surface area (Å²) in [7, 11) is -4.16. The third-order valence-electron chi connectivity index (χ3n) is 8.69. The molecule has 0 aromatic heterocycles. The molecule has 3 N–H and O–H groups in total. The lowest BCUT2D eigenvalue weighted by atomic mass is 9.84. The van der Waals surface area contributed by atoms with Gasteiger partial charge in [0.2, 0.25) is 15.9 Å². The summed E-state index contributed by atoms with van der Waals surface area (Å²) in [5.74, 6) is -0.214. The van der Waals surface area contributed by atoms with Crippen molar-refractivity contribution in [1.29, 1.82) is 0 Å². The van der Waals surface area contributed by atoms with E-state index in [1.165, 1.54) is 6.07 Å². The number of para-hydroxylation sites is 1. The fourth-order valence-electron chi connectivity index (χ4n) is 6.26. The highest BCUT2D eigenvalue weighted by Gasteiger charge is 2.47. The fourth-order valence-corrected chi connectivity index (χ4v) is 8.01. The number of amides is 3. The van der Waals surface area contributed by atoms with Gasteiger partial charge in [0.15, 0.2) is 0 Å². The Balaban J connectivity index is 1.26. The van der Waals surface area contributed by atoms with Crippen molar-refractivity contribution in [3.63, 3.8) is 0 Å². The van der Waals surface area contributed by atoms with E-state index in [0.29, 0.717) is 64.3 Å². The minimum atomic E-state index is -4.16. The Morgan fingerprint density at radius 1 is 1.00 bits per heavy atom. The number of aliphatic hydroxyl groups excluding tert-OH is 1. The smallest absolute Gasteiger partial charge is 0.321 e. The summed E-state index contributed by atoms with van der Waals surface area (Å²) in [5, 5.41) is 16.5. The zero-order valence-electron chi connectivity index (χ0n) is 23.4. The lowest BCUT2D eigenvalue weighted by Gasteiger charge is -2.43. The van der Waals surface area contributed by atoms with Crippen molar-refractivity contribution in [3.05, 3.63) is 48.5 Å². The Labute approximate surface area is 245 Å². The summed E-state index contributed by atoms with van der Waals surface area (Å²) in [6, 6.07) is 13.0. The SMILES string of the molecule is O=C1NC2(CCOc3cc(N4CCOCC4)ccc3S(=O)(=O)N3C[C@H](O)C[C@@H]13)CCN(C(=O)Nc1ccccc1)CC2. The van der Waals surface area contributed by atoms with Gasteiger partial charge in [0.1, 0.15) is 16.7 Å². The van der Waals surface area contributed by atoms with E-state index in [9.17, 15) is 23.1 Å². The average Bonchev–Trinajstić information content (AvgIpc) is 3.40. The van der Waals surface area contributed by atoms with Gasteiger partial charge in [-0.25, -0.2) is 13.2 Å². The molecule has 3 fully saturated rings. The number of piperidine rings is 1. The molecule has 4 aliphatic heterocycles. The number of nitrogens with zero attached hydrogens (tertiary/aromatic N) is 3. The number of morpholine rings is 1. The molecular weight excluding hydrogens is 562 g/mol. The number of carbonyl (C=O) groups is 2. The monoisotopic (exact) mass is 599 g/mol. The van der Waals surface area contributed by atoms with Crippen molar-refractivity contribution < 1.29 is 32.6 Å². The summed E-state index contributed by atoms with van der Waals surface area (Å²) in [6.07, 6.45) is 0.438. The van der Waals surface area contributed by atoms with Gasteiger partial charge in [-0.2, -0.15) is 4.31 Å². The van der Waals surface area contributed by atoms with Crippen LogP contribution in [0.2, 0.25) is 0 Å². The molecule has 4 aliphatic rings. The van der Waals surface area contributed by atoms with Crippen LogP contribution in [0.25, 0.3) is 0 Å². The van der Waals surface area contributed by atoms with Crippen LogP contribution in [0, 0.1) is 0 Å². The maximum absolute atomic E-state index is 13.9. The third-order valence-corrected chi connectivity index (χ3v) is 10.6. The second-order valence-electron chi connectivity index (χ2n) is 11.4. The first-order valence-electron chi connectivity index (χ1n) is 14.5. The van der Waals surface area contributed by atoms with Gasteiger partial charge in [-0.3, -0.25) is 4.79 Å². The lowest BCUT2D eigenvalue weighted by Crippen LogP contribution is -2.60. The maximum atomic E-state index is 13.9. The number of hydrogen-bond donors (Lipinski definition) is 3. The number of nitrogens with one attached hydrogen (secondary N) is 2. The van der Waals surface area contributed by atoms with E-state index in [2.05, 4.69) is 15.5 Å². The van der Waals surface area contributed by atoms with Crippen molar-refractivity contribution >= 4 is 33.3 Å². The van der Waals surface area contributed by atoms with Crippen molar-refractivity contribution in [2.45, 2.75) is 48.3 Å². The molecule has 2 atom stereocenters. The molecule has 0 saturated carbocycles. The van der Waals surface area contributed by atoms with Crippen molar-refractivity contribution in [3.8, 4) is 5.75 Å². The summed E-state index contributed by atoms with van der Waals surface area (Å²) < 4.78 is 40.6. The number of anilines is 2. The Bertz CT molecular complexity index is 1410. The molecular formula is C29H37N5O7S. The second-order valence-corrected chi connectivity index (χ2v) is 13.2. The first kappa shape index (κ1) is 28.7. The second kappa shape index (κ2) is 11.7. The summed E-state index contributed by atoms with van der Waals surface area (Å²) in [4.78, 5) is 30.4. The van der Waals surface area contributed by atoms with Gasteiger partial charge in [0, 0.05) is 68.5 Å². The number of urea groups is 1. The molecule has 4 heterocycles. The summed E-state index contributed by atoms with van der Waals surface area (Å²) in [6.45, 7) is 3.35. The zero-order valence-corrected chi connectivity index (χ0v) is 24.2. The Morgan fingerprint density at radius 2 is 1.74 bits per heavy atom. The largest absolute Gasteiger partial charge is 0.492 e. The first-order valence-corrected chi connectivity index (χ1v) is 15.9. The number of likely N-dealkylation sites (tertiary alicyclic amines) is 1. The van der Waals surface area contributed by atoms with E-state index in [0.717, 1.165) is 9.99 Å². The maximum Gasteiger partial charge on any atom is 0.321 e. The normalized spacial score (nSPS) is 25.9. The highest BCUT2D eigenvalue weighted by molar-refractivity contribution is 7.89. The molecule has 2 aromatic rings. The van der Waals surface area contributed by atoms with Gasteiger partial charge in [-0.05, 0) is 37.1 Å². The zero-order chi connectivity index (χ0) is 29.3. The summed E-state index contributed by atoms with van der Waals surface area (Å²) >= 11 is 0. The summed E-state index contributed by atoms with van der Waals surface area (Å²) in [5.41, 5.74) is 0.841. The van der Waals surface area contributed by atoms with Crippen LogP contribution in [0.5, 0.6) is 5.75 Å². The quantitative estimate of drug-likeness (QED) is 0.473. The molecule has 13 heteroatoms. The molecule has 0 radical (unpaired) electrons. The third kappa shape index (κ3) is 5.78. The molecule has 6 rings (SSSR count). The number of carbonyl (C=O) groups excluding carboxylic acids is 2. The van der Waals surface area contributed by atoms with Crippen molar-refractivity contribution in [2.24, 2.45) is 0 Å². The van der Waals surface area contributed by atoms with E-state index in [1.807, 2.05) is 30.3 Å². The number of hydrogen-bond acceptors (Lipinski definition) is 8. The standard InChI is InChI=1S/C29H37N5O7S/c35-23-19-24-27(36)31-29(8-11-33(12-9-29)28(37)30-21-4-2-1-3-5-21)10-15-41-25-18-22(32-13-16-40-17-14-32)6-7-26(25)42(38,39)34(24)20-23/h1-7,18,23-24,35H,8-17,19-20H2,(H,30,37)(H,31,36)/t23-,24+/m1/s1. The highest BCUT2D eigenvalue weighted by Crippen LogP contribution is 2.37. The highest BCUT2D eigenvalue weighted by atomic mass is 32.2. The van der Waals surface area contributed by atoms with Gasteiger partial charge < -0.3 is 35.0 Å². The van der Waals surface area contributed by atoms with Crippen LogP contribution in [0.4, 0.5) is 16.2 Å². The van der Waals surface area contributed by atoms with Crippen molar-refractivity contribution in [2.75, 3.05) is 62.8 Å². The van der Waals surface area contributed by atoms with E-state index in [1.54, 1.807) is 17.0 Å². The topological polar surface area (TPSA) is 141 Å². The molecule has 226 valence electrons. The number of rotatable bonds is 2.